The van der Waals surface area contributed by atoms with E-state index in [1.807, 2.05) is 6.92 Å². The molecule has 0 aromatic carbocycles. The molecule has 1 radical (unpaired) electrons. The third-order valence-electron chi connectivity index (χ3n) is 1.48. The summed E-state index contributed by atoms with van der Waals surface area (Å²) in [6.45, 7) is 3.97. The molecule has 0 bridgehead atoms. The zero-order valence-electron chi connectivity index (χ0n) is 7.42. The zero-order chi connectivity index (χ0) is 8.97. The SMILES string of the molecule is CCc1s[c]nc1/C(C)=N/OC. The van der Waals surface area contributed by atoms with Crippen LogP contribution in [0.1, 0.15) is 24.4 Å². The highest BCUT2D eigenvalue weighted by molar-refractivity contribution is 7.09. The molecular formula is C8H11N2OS. The molecule has 1 heterocycles. The monoisotopic (exact) mass is 183 g/mol. The van der Waals surface area contributed by atoms with E-state index in [0.717, 1.165) is 17.8 Å². The summed E-state index contributed by atoms with van der Waals surface area (Å²) in [6.07, 6.45) is 0.965. The van der Waals surface area contributed by atoms with Crippen LogP contribution < -0.4 is 0 Å². The molecule has 12 heavy (non-hydrogen) atoms. The largest absolute Gasteiger partial charge is 0.399 e. The van der Waals surface area contributed by atoms with Gasteiger partial charge in [-0.3, -0.25) is 0 Å². The van der Waals surface area contributed by atoms with Crippen LogP contribution in [-0.2, 0) is 11.3 Å². The number of hydrogen-bond donors (Lipinski definition) is 0. The van der Waals surface area contributed by atoms with Gasteiger partial charge >= 0.3 is 0 Å². The Morgan fingerprint density at radius 2 is 2.50 bits per heavy atom. The number of aromatic nitrogens is 1. The topological polar surface area (TPSA) is 34.5 Å². The Kier molecular flexibility index (Phi) is 3.22. The minimum Gasteiger partial charge on any atom is -0.399 e. The maximum absolute atomic E-state index is 4.67. The second-order valence-corrected chi connectivity index (χ2v) is 3.17. The second-order valence-electron chi connectivity index (χ2n) is 2.29. The highest BCUT2D eigenvalue weighted by Gasteiger charge is 2.07. The molecule has 0 spiro atoms. The van der Waals surface area contributed by atoms with E-state index in [1.54, 1.807) is 0 Å². The van der Waals surface area contributed by atoms with Crippen molar-refractivity contribution in [2.24, 2.45) is 5.16 Å². The van der Waals surface area contributed by atoms with E-state index < -0.39 is 0 Å². The first-order valence-corrected chi connectivity index (χ1v) is 4.55. The molecule has 0 aliphatic rings. The van der Waals surface area contributed by atoms with Crippen molar-refractivity contribution in [1.29, 1.82) is 0 Å². The van der Waals surface area contributed by atoms with E-state index in [2.05, 4.69) is 27.4 Å². The zero-order valence-corrected chi connectivity index (χ0v) is 8.23. The highest BCUT2D eigenvalue weighted by atomic mass is 32.1. The third-order valence-corrected chi connectivity index (χ3v) is 2.39. The van der Waals surface area contributed by atoms with Gasteiger partial charge in [0.15, 0.2) is 5.51 Å². The molecule has 0 atom stereocenters. The predicted octanol–water partition coefficient (Wildman–Crippen LogP) is 1.88. The number of thiazole rings is 1. The van der Waals surface area contributed by atoms with Crippen LogP contribution in [0.5, 0.6) is 0 Å². The highest BCUT2D eigenvalue weighted by Crippen LogP contribution is 2.14. The lowest BCUT2D eigenvalue weighted by atomic mass is 10.2. The van der Waals surface area contributed by atoms with Crippen LogP contribution in [-0.4, -0.2) is 17.8 Å². The van der Waals surface area contributed by atoms with Crippen molar-refractivity contribution in [3.8, 4) is 0 Å². The van der Waals surface area contributed by atoms with Crippen molar-refractivity contribution in [1.82, 2.24) is 4.98 Å². The Hall–Kier alpha value is -0.900. The van der Waals surface area contributed by atoms with E-state index in [0.29, 0.717) is 0 Å². The van der Waals surface area contributed by atoms with Crippen LogP contribution in [0.3, 0.4) is 0 Å². The average molecular weight is 183 g/mol. The van der Waals surface area contributed by atoms with E-state index >= 15 is 0 Å². The maximum Gasteiger partial charge on any atom is 0.153 e. The number of oxime groups is 1. The quantitative estimate of drug-likeness (QED) is 0.529. The van der Waals surface area contributed by atoms with Crippen molar-refractivity contribution in [3.63, 3.8) is 0 Å². The van der Waals surface area contributed by atoms with Crippen molar-refractivity contribution in [2.75, 3.05) is 7.11 Å². The van der Waals surface area contributed by atoms with E-state index in [4.69, 9.17) is 0 Å². The minimum absolute atomic E-state index is 0.812. The molecule has 4 heteroatoms. The summed E-state index contributed by atoms with van der Waals surface area (Å²) in [5.41, 5.74) is 4.56. The molecule has 0 aliphatic heterocycles. The van der Waals surface area contributed by atoms with Crippen molar-refractivity contribution < 1.29 is 4.84 Å². The van der Waals surface area contributed by atoms with Crippen molar-refractivity contribution in [2.45, 2.75) is 20.3 Å². The normalized spacial score (nSPS) is 11.8. The Balaban J connectivity index is 2.93. The number of hydrogen-bond acceptors (Lipinski definition) is 4. The fraction of sp³-hybridized carbons (Fsp3) is 0.500. The van der Waals surface area contributed by atoms with Gasteiger partial charge in [-0.2, -0.15) is 0 Å². The summed E-state index contributed by atoms with van der Waals surface area (Å²) in [5, 5.41) is 3.82. The summed E-state index contributed by atoms with van der Waals surface area (Å²) >= 11 is 1.53. The molecule has 0 N–H and O–H groups in total. The van der Waals surface area contributed by atoms with Gasteiger partial charge in [-0.15, -0.1) is 11.3 Å². The first-order valence-electron chi connectivity index (χ1n) is 3.73. The molecule has 0 aliphatic carbocycles. The smallest absolute Gasteiger partial charge is 0.153 e. The Morgan fingerprint density at radius 3 is 3.08 bits per heavy atom. The van der Waals surface area contributed by atoms with E-state index in [1.165, 1.54) is 23.3 Å². The Morgan fingerprint density at radius 1 is 1.75 bits per heavy atom. The van der Waals surface area contributed by atoms with Crippen LogP contribution in [0, 0.1) is 5.51 Å². The van der Waals surface area contributed by atoms with Crippen LogP contribution in [0.4, 0.5) is 0 Å². The van der Waals surface area contributed by atoms with Gasteiger partial charge < -0.3 is 4.84 Å². The van der Waals surface area contributed by atoms with Gasteiger partial charge in [-0.25, -0.2) is 4.98 Å². The summed E-state index contributed by atoms with van der Waals surface area (Å²) in [5.74, 6) is 0. The van der Waals surface area contributed by atoms with Crippen LogP contribution in [0.2, 0.25) is 0 Å². The second kappa shape index (κ2) is 4.21. The van der Waals surface area contributed by atoms with Crippen LogP contribution in [0.25, 0.3) is 0 Å². The predicted molar refractivity (Wildman–Crippen MR) is 49.5 cm³/mol. The van der Waals surface area contributed by atoms with Crippen LogP contribution >= 0.6 is 11.3 Å². The summed E-state index contributed by atoms with van der Waals surface area (Å²) < 4.78 is 0. The average Bonchev–Trinajstić information content (AvgIpc) is 2.51. The summed E-state index contributed by atoms with van der Waals surface area (Å²) in [6, 6.07) is 0. The molecule has 0 unspecified atom stereocenters. The fourth-order valence-electron chi connectivity index (χ4n) is 0.937. The lowest BCUT2D eigenvalue weighted by molar-refractivity contribution is 0.213. The molecule has 65 valence electrons. The van der Waals surface area contributed by atoms with Gasteiger partial charge in [0.05, 0.1) is 0 Å². The fourth-order valence-corrected chi connectivity index (χ4v) is 1.62. The molecule has 1 aromatic rings. The molecule has 0 fully saturated rings. The maximum atomic E-state index is 4.67. The number of nitrogens with zero attached hydrogens (tertiary/aromatic N) is 2. The Bertz CT molecular complexity index is 280. The standard InChI is InChI=1S/C8H11N2OS/c1-4-7-8(9-5-12-7)6(2)10-11-3/h4H2,1-3H3/b10-6+. The van der Waals surface area contributed by atoms with Crippen molar-refractivity contribution >= 4 is 17.0 Å². The van der Waals surface area contributed by atoms with Gasteiger partial charge in [0.1, 0.15) is 18.5 Å². The minimum atomic E-state index is 0.812. The molecular weight excluding hydrogens is 172 g/mol. The summed E-state index contributed by atoms with van der Waals surface area (Å²) in [7, 11) is 1.53. The number of aryl methyl sites for hydroxylation is 1. The molecule has 1 rings (SSSR count). The lowest BCUT2D eigenvalue weighted by Gasteiger charge is -1.96. The molecule has 0 amide bonds. The van der Waals surface area contributed by atoms with E-state index in [9.17, 15) is 0 Å². The first-order chi connectivity index (χ1) is 5.79. The third kappa shape index (κ3) is 1.82. The van der Waals surface area contributed by atoms with E-state index in [-0.39, 0.29) is 0 Å². The van der Waals surface area contributed by atoms with Gasteiger partial charge in [-0.1, -0.05) is 12.1 Å². The van der Waals surface area contributed by atoms with Gasteiger partial charge in [-0.05, 0) is 13.3 Å². The van der Waals surface area contributed by atoms with Gasteiger partial charge in [0, 0.05) is 4.88 Å². The first kappa shape index (κ1) is 9.19. The molecule has 3 nitrogen and oxygen atoms in total. The molecule has 0 saturated heterocycles. The van der Waals surface area contributed by atoms with Gasteiger partial charge in [0.2, 0.25) is 0 Å². The Labute approximate surface area is 76.1 Å². The van der Waals surface area contributed by atoms with Crippen molar-refractivity contribution in [3.05, 3.63) is 16.1 Å². The van der Waals surface area contributed by atoms with Crippen LogP contribution in [0.15, 0.2) is 5.16 Å². The molecule has 1 aromatic heterocycles. The number of rotatable bonds is 3. The lowest BCUT2D eigenvalue weighted by Crippen LogP contribution is -1.99. The molecule has 0 saturated carbocycles. The summed E-state index contributed by atoms with van der Waals surface area (Å²) in [4.78, 5) is 9.96. The van der Waals surface area contributed by atoms with Gasteiger partial charge in [0.25, 0.3) is 0 Å².